The number of benzene rings is 2. The zero-order valence-electron chi connectivity index (χ0n) is 18.4. The summed E-state index contributed by atoms with van der Waals surface area (Å²) in [5.41, 5.74) is 3.97. The molecule has 1 amide bonds. The molecule has 0 bridgehead atoms. The molecule has 164 valence electrons. The Labute approximate surface area is 187 Å². The molecule has 4 rings (SSSR count). The average Bonchev–Trinajstić information content (AvgIpc) is 3.29. The Kier molecular flexibility index (Phi) is 5.93. The van der Waals surface area contributed by atoms with Gasteiger partial charge in [-0.15, -0.1) is 10.2 Å². The maximum atomic E-state index is 12.1. The maximum absolute atomic E-state index is 12.1. The molecule has 2 aromatic heterocycles. The number of aryl methyl sites for hydroxylation is 1. The van der Waals surface area contributed by atoms with E-state index >= 15 is 0 Å². The molecule has 0 aliphatic carbocycles. The minimum absolute atomic E-state index is 0. The molecule has 8 nitrogen and oxygen atoms in total. The summed E-state index contributed by atoms with van der Waals surface area (Å²) in [5.74, 6) is 1.24. The van der Waals surface area contributed by atoms with Gasteiger partial charge in [-0.2, -0.15) is 0 Å². The van der Waals surface area contributed by atoms with Gasteiger partial charge in [0.25, 0.3) is 17.7 Å². The fourth-order valence-electron chi connectivity index (χ4n) is 3.19. The summed E-state index contributed by atoms with van der Waals surface area (Å²) in [6, 6.07) is 14.7. The summed E-state index contributed by atoms with van der Waals surface area (Å²) in [6.45, 7) is 4.29. The fourth-order valence-corrected chi connectivity index (χ4v) is 3.19. The van der Waals surface area contributed by atoms with Gasteiger partial charge in [0.1, 0.15) is 11.4 Å². The molecule has 0 spiro atoms. The molecular weight excluding hydrogens is 406 g/mol. The fraction of sp³-hybridized carbons (Fsp3) is 0.208. The number of hydrogen-bond acceptors (Lipinski definition) is 7. The van der Waals surface area contributed by atoms with Crippen molar-refractivity contribution in [2.45, 2.75) is 13.8 Å². The molecule has 0 unspecified atom stereocenters. The van der Waals surface area contributed by atoms with Gasteiger partial charge in [-0.1, -0.05) is 24.3 Å². The van der Waals surface area contributed by atoms with Crippen LogP contribution in [0.3, 0.4) is 0 Å². The van der Waals surface area contributed by atoms with Gasteiger partial charge in [0.05, 0.1) is 29.8 Å². The SMILES string of the molecule is CCOc1ccccc1-c1nnc(-c2nc(-c3ccc(C(=O)N(C)C)cc3)cnc2C)o1.[HH]. The third-order valence-corrected chi connectivity index (χ3v) is 4.83. The van der Waals surface area contributed by atoms with Crippen molar-refractivity contribution >= 4 is 5.91 Å². The second kappa shape index (κ2) is 8.97. The Balaban J connectivity index is 0.00000306. The predicted octanol–water partition coefficient (Wildman–Crippen LogP) is 4.52. The van der Waals surface area contributed by atoms with Crippen molar-refractivity contribution in [3.8, 4) is 40.0 Å². The molecule has 2 aromatic carbocycles. The summed E-state index contributed by atoms with van der Waals surface area (Å²) in [7, 11) is 3.44. The van der Waals surface area contributed by atoms with Gasteiger partial charge < -0.3 is 14.1 Å². The quantitative estimate of drug-likeness (QED) is 0.443. The van der Waals surface area contributed by atoms with Crippen LogP contribution in [0, 0.1) is 6.92 Å². The van der Waals surface area contributed by atoms with E-state index in [1.165, 1.54) is 4.90 Å². The van der Waals surface area contributed by atoms with Gasteiger partial charge in [-0.05, 0) is 38.1 Å². The number of carbonyl (C=O) groups is 1. The average molecular weight is 431 g/mol. The van der Waals surface area contributed by atoms with Gasteiger partial charge in [0.15, 0.2) is 0 Å². The standard InChI is InChI=1S/C24H23N5O3.H2/c1-5-31-20-9-7-6-8-18(20)22-27-28-23(32-22)21-15(2)25-14-19(26-21)16-10-12-17(13-11-16)24(30)29(3)4;/h6-14H,5H2,1-4H3;1H. The van der Waals surface area contributed by atoms with Crippen molar-refractivity contribution in [1.29, 1.82) is 0 Å². The van der Waals surface area contributed by atoms with E-state index in [0.29, 0.717) is 40.9 Å². The number of nitrogens with zero attached hydrogens (tertiary/aromatic N) is 5. The lowest BCUT2D eigenvalue weighted by molar-refractivity contribution is 0.0827. The minimum atomic E-state index is -0.0575. The van der Waals surface area contributed by atoms with Crippen molar-refractivity contribution in [1.82, 2.24) is 25.1 Å². The van der Waals surface area contributed by atoms with E-state index in [-0.39, 0.29) is 13.2 Å². The monoisotopic (exact) mass is 431 g/mol. The first-order chi connectivity index (χ1) is 15.5. The second-order valence-corrected chi connectivity index (χ2v) is 7.31. The summed E-state index contributed by atoms with van der Waals surface area (Å²) in [5, 5.41) is 8.38. The van der Waals surface area contributed by atoms with E-state index in [9.17, 15) is 4.79 Å². The third kappa shape index (κ3) is 4.20. The van der Waals surface area contributed by atoms with Crippen molar-refractivity contribution in [2.75, 3.05) is 20.7 Å². The minimum Gasteiger partial charge on any atom is -0.493 e. The first-order valence-corrected chi connectivity index (χ1v) is 10.2. The number of amides is 1. The zero-order valence-corrected chi connectivity index (χ0v) is 18.4. The number of carbonyl (C=O) groups excluding carboxylic acids is 1. The van der Waals surface area contributed by atoms with E-state index in [1.54, 1.807) is 32.4 Å². The number of ether oxygens (including phenoxy) is 1. The lowest BCUT2D eigenvalue weighted by Crippen LogP contribution is -2.21. The van der Waals surface area contributed by atoms with Crippen LogP contribution in [0.1, 0.15) is 24.4 Å². The molecule has 0 radical (unpaired) electrons. The van der Waals surface area contributed by atoms with Gasteiger partial charge in [-0.3, -0.25) is 9.78 Å². The number of aromatic nitrogens is 4. The highest BCUT2D eigenvalue weighted by molar-refractivity contribution is 5.94. The highest BCUT2D eigenvalue weighted by Crippen LogP contribution is 2.31. The van der Waals surface area contributed by atoms with Crippen molar-refractivity contribution in [2.24, 2.45) is 0 Å². The molecule has 32 heavy (non-hydrogen) atoms. The van der Waals surface area contributed by atoms with Crippen LogP contribution < -0.4 is 4.74 Å². The van der Waals surface area contributed by atoms with Crippen LogP contribution in [0.5, 0.6) is 5.75 Å². The Morgan fingerprint density at radius 1 is 1.06 bits per heavy atom. The first-order valence-electron chi connectivity index (χ1n) is 10.2. The van der Waals surface area contributed by atoms with E-state index < -0.39 is 0 Å². The van der Waals surface area contributed by atoms with Crippen LogP contribution in [-0.2, 0) is 0 Å². The molecule has 0 saturated carbocycles. The van der Waals surface area contributed by atoms with Crippen LogP contribution in [0.25, 0.3) is 34.3 Å². The highest BCUT2D eigenvalue weighted by atomic mass is 16.5. The molecule has 0 aliphatic heterocycles. The largest absolute Gasteiger partial charge is 0.493 e. The summed E-state index contributed by atoms with van der Waals surface area (Å²) < 4.78 is 11.6. The molecule has 0 saturated heterocycles. The smallest absolute Gasteiger partial charge is 0.268 e. The Hall–Kier alpha value is -4.07. The third-order valence-electron chi connectivity index (χ3n) is 4.83. The van der Waals surface area contributed by atoms with Crippen molar-refractivity contribution < 1.29 is 15.4 Å². The molecule has 0 N–H and O–H groups in total. The van der Waals surface area contributed by atoms with Gasteiger partial charge in [0, 0.05) is 26.6 Å². The van der Waals surface area contributed by atoms with E-state index in [4.69, 9.17) is 14.1 Å². The molecule has 0 fully saturated rings. The van der Waals surface area contributed by atoms with Gasteiger partial charge in [-0.25, -0.2) is 4.98 Å². The Bertz CT molecular complexity index is 1260. The Morgan fingerprint density at radius 3 is 2.50 bits per heavy atom. The van der Waals surface area contributed by atoms with Crippen LogP contribution in [-0.4, -0.2) is 51.7 Å². The number of hydrogen-bond donors (Lipinski definition) is 0. The zero-order chi connectivity index (χ0) is 22.7. The summed E-state index contributed by atoms with van der Waals surface area (Å²) in [6.07, 6.45) is 1.68. The topological polar surface area (TPSA) is 94.2 Å². The van der Waals surface area contributed by atoms with Gasteiger partial charge >= 0.3 is 0 Å². The van der Waals surface area contributed by atoms with Crippen LogP contribution in [0.4, 0.5) is 0 Å². The number of para-hydroxylation sites is 1. The molecule has 0 aliphatic rings. The second-order valence-electron chi connectivity index (χ2n) is 7.31. The van der Waals surface area contributed by atoms with Crippen LogP contribution in [0.15, 0.2) is 59.1 Å². The van der Waals surface area contributed by atoms with E-state index in [2.05, 4.69) is 15.2 Å². The molecule has 0 atom stereocenters. The molecule has 2 heterocycles. The number of rotatable bonds is 6. The maximum Gasteiger partial charge on any atom is 0.268 e. The lowest BCUT2D eigenvalue weighted by Gasteiger charge is -2.10. The first kappa shape index (κ1) is 21.2. The molecule has 8 heteroatoms. The molecular formula is C24H25N5O3. The van der Waals surface area contributed by atoms with Crippen molar-refractivity contribution in [3.05, 3.63) is 66.0 Å². The van der Waals surface area contributed by atoms with E-state index in [0.717, 1.165) is 11.1 Å². The molecule has 4 aromatic rings. The summed E-state index contributed by atoms with van der Waals surface area (Å²) in [4.78, 5) is 22.8. The van der Waals surface area contributed by atoms with Gasteiger partial charge in [0.2, 0.25) is 0 Å². The summed E-state index contributed by atoms with van der Waals surface area (Å²) >= 11 is 0. The van der Waals surface area contributed by atoms with Crippen LogP contribution >= 0.6 is 0 Å². The van der Waals surface area contributed by atoms with Crippen molar-refractivity contribution in [3.63, 3.8) is 0 Å². The van der Waals surface area contributed by atoms with Crippen LogP contribution in [0.2, 0.25) is 0 Å². The lowest BCUT2D eigenvalue weighted by atomic mass is 10.1. The normalized spacial score (nSPS) is 10.8. The van der Waals surface area contributed by atoms with E-state index in [1.807, 2.05) is 50.2 Å². The predicted molar refractivity (Wildman–Crippen MR) is 122 cm³/mol. The Morgan fingerprint density at radius 2 is 1.78 bits per heavy atom. The highest BCUT2D eigenvalue weighted by Gasteiger charge is 2.18.